The van der Waals surface area contributed by atoms with Crippen LogP contribution in [0.3, 0.4) is 0 Å². The van der Waals surface area contributed by atoms with Crippen molar-refractivity contribution >= 4 is 45.5 Å². The van der Waals surface area contributed by atoms with Crippen LogP contribution in [0.15, 0.2) is 46.4 Å². The second-order valence-corrected chi connectivity index (χ2v) is 6.81. The third-order valence-corrected chi connectivity index (χ3v) is 4.66. The summed E-state index contributed by atoms with van der Waals surface area (Å²) in [6, 6.07) is 9.00. The van der Waals surface area contributed by atoms with Gasteiger partial charge in [-0.1, -0.05) is 22.0 Å². The molecule has 0 spiro atoms. The lowest BCUT2D eigenvalue weighted by atomic mass is 10.1. The van der Waals surface area contributed by atoms with Crippen LogP contribution in [-0.2, 0) is 9.59 Å². The number of ether oxygens (including phenoxy) is 3. The number of urea groups is 1. The van der Waals surface area contributed by atoms with Gasteiger partial charge in [-0.15, -0.1) is 0 Å². The van der Waals surface area contributed by atoms with E-state index in [1.807, 2.05) is 0 Å². The lowest BCUT2D eigenvalue weighted by Gasteiger charge is -2.26. The van der Waals surface area contributed by atoms with Crippen LogP contribution in [0.4, 0.5) is 10.5 Å². The molecule has 1 heterocycles. The number of nitrogens with one attached hydrogen (secondary N) is 1. The molecule has 2 aromatic carbocycles. The summed E-state index contributed by atoms with van der Waals surface area (Å²) >= 11 is 3.30. The van der Waals surface area contributed by atoms with E-state index in [0.717, 1.165) is 4.90 Å². The zero-order valence-electron chi connectivity index (χ0n) is 15.8. The SMILES string of the molecule is COc1cc(/C=C2\C(=O)NC(=O)N(c3cccc(Br)c3)C2=O)cc(OC)c1OC. The fraction of sp³-hybridized carbons (Fsp3) is 0.150. The van der Waals surface area contributed by atoms with Crippen molar-refractivity contribution < 1.29 is 28.6 Å². The fourth-order valence-electron chi connectivity index (χ4n) is 2.86. The first-order valence-corrected chi connectivity index (χ1v) is 9.16. The Morgan fingerprint density at radius 2 is 1.62 bits per heavy atom. The van der Waals surface area contributed by atoms with Gasteiger partial charge in [-0.05, 0) is 42.0 Å². The highest BCUT2D eigenvalue weighted by molar-refractivity contribution is 9.10. The Kier molecular flexibility index (Phi) is 5.88. The normalized spacial score (nSPS) is 15.4. The van der Waals surface area contributed by atoms with Gasteiger partial charge in [-0.2, -0.15) is 0 Å². The summed E-state index contributed by atoms with van der Waals surface area (Å²) in [5.74, 6) is -0.433. The summed E-state index contributed by atoms with van der Waals surface area (Å²) < 4.78 is 16.5. The summed E-state index contributed by atoms with van der Waals surface area (Å²) in [7, 11) is 4.39. The molecule has 4 amide bonds. The molecule has 3 rings (SSSR count). The molecular formula is C20H17BrN2O6. The maximum atomic E-state index is 13.0. The van der Waals surface area contributed by atoms with Crippen molar-refractivity contribution in [3.63, 3.8) is 0 Å². The maximum Gasteiger partial charge on any atom is 0.335 e. The highest BCUT2D eigenvalue weighted by atomic mass is 79.9. The first kappa shape index (κ1) is 20.4. The van der Waals surface area contributed by atoms with E-state index < -0.39 is 17.8 Å². The largest absolute Gasteiger partial charge is 0.493 e. The Labute approximate surface area is 175 Å². The van der Waals surface area contributed by atoms with Gasteiger partial charge in [-0.25, -0.2) is 9.69 Å². The van der Waals surface area contributed by atoms with Gasteiger partial charge in [0.1, 0.15) is 5.57 Å². The zero-order valence-corrected chi connectivity index (χ0v) is 17.4. The molecule has 0 radical (unpaired) electrons. The summed E-state index contributed by atoms with van der Waals surface area (Å²) in [5, 5.41) is 2.18. The smallest absolute Gasteiger partial charge is 0.335 e. The van der Waals surface area contributed by atoms with Gasteiger partial charge in [0.05, 0.1) is 27.0 Å². The molecule has 0 unspecified atom stereocenters. The Hall–Kier alpha value is -3.33. The van der Waals surface area contributed by atoms with Gasteiger partial charge in [0.15, 0.2) is 11.5 Å². The number of halogens is 1. The van der Waals surface area contributed by atoms with Crippen LogP contribution in [0, 0.1) is 0 Å². The van der Waals surface area contributed by atoms with E-state index in [-0.39, 0.29) is 5.57 Å². The fourth-order valence-corrected chi connectivity index (χ4v) is 3.25. The minimum atomic E-state index is -0.819. The molecule has 0 bridgehead atoms. The van der Waals surface area contributed by atoms with Crippen LogP contribution < -0.4 is 24.4 Å². The lowest BCUT2D eigenvalue weighted by molar-refractivity contribution is -0.122. The van der Waals surface area contributed by atoms with Gasteiger partial charge in [-0.3, -0.25) is 14.9 Å². The molecule has 1 aliphatic rings. The standard InChI is InChI=1S/C20H17BrN2O6/c1-27-15-8-11(9-16(28-2)17(15)29-3)7-14-18(24)22-20(26)23(19(14)25)13-6-4-5-12(21)10-13/h4-10H,1-3H3,(H,22,24,26)/b14-7+. The molecule has 1 saturated heterocycles. The molecule has 8 nitrogen and oxygen atoms in total. The Morgan fingerprint density at radius 1 is 0.966 bits per heavy atom. The number of hydrogen-bond donors (Lipinski definition) is 1. The van der Waals surface area contributed by atoms with E-state index in [2.05, 4.69) is 21.2 Å². The third kappa shape index (κ3) is 3.95. The van der Waals surface area contributed by atoms with Gasteiger partial charge in [0, 0.05) is 4.47 Å². The predicted octanol–water partition coefficient (Wildman–Crippen LogP) is 3.14. The van der Waals surface area contributed by atoms with Crippen LogP contribution in [0.2, 0.25) is 0 Å². The summed E-state index contributed by atoms with van der Waals surface area (Å²) in [6.45, 7) is 0. The molecule has 9 heteroatoms. The lowest BCUT2D eigenvalue weighted by Crippen LogP contribution is -2.54. The second-order valence-electron chi connectivity index (χ2n) is 5.90. The summed E-state index contributed by atoms with van der Waals surface area (Å²) in [5.41, 5.74) is 0.575. The molecule has 0 aliphatic carbocycles. The van der Waals surface area contributed by atoms with Crippen LogP contribution in [-0.4, -0.2) is 39.2 Å². The Balaban J connectivity index is 2.07. The first-order valence-electron chi connectivity index (χ1n) is 8.36. The van der Waals surface area contributed by atoms with Gasteiger partial charge < -0.3 is 14.2 Å². The molecule has 1 aliphatic heterocycles. The Morgan fingerprint density at radius 3 is 2.17 bits per heavy atom. The number of carbonyl (C=O) groups excluding carboxylic acids is 3. The monoisotopic (exact) mass is 460 g/mol. The molecule has 150 valence electrons. The quantitative estimate of drug-likeness (QED) is 0.543. The first-order chi connectivity index (χ1) is 13.9. The summed E-state index contributed by atoms with van der Waals surface area (Å²) in [6.07, 6.45) is 1.36. The number of imide groups is 2. The zero-order chi connectivity index (χ0) is 21.1. The number of nitrogens with zero attached hydrogens (tertiary/aromatic N) is 1. The third-order valence-electron chi connectivity index (χ3n) is 4.17. The second kappa shape index (κ2) is 8.36. The number of hydrogen-bond acceptors (Lipinski definition) is 6. The molecule has 2 aromatic rings. The maximum absolute atomic E-state index is 13.0. The number of methoxy groups -OCH3 is 3. The topological polar surface area (TPSA) is 94.2 Å². The van der Waals surface area contributed by atoms with Crippen molar-refractivity contribution in [2.75, 3.05) is 26.2 Å². The van der Waals surface area contributed by atoms with E-state index >= 15 is 0 Å². The minimum Gasteiger partial charge on any atom is -0.493 e. The van der Waals surface area contributed by atoms with Crippen molar-refractivity contribution in [2.45, 2.75) is 0 Å². The molecule has 0 atom stereocenters. The highest BCUT2D eigenvalue weighted by Crippen LogP contribution is 2.39. The van der Waals surface area contributed by atoms with Crippen LogP contribution in [0.5, 0.6) is 17.2 Å². The molecule has 1 N–H and O–H groups in total. The van der Waals surface area contributed by atoms with E-state index in [1.165, 1.54) is 27.4 Å². The van der Waals surface area contributed by atoms with Crippen LogP contribution >= 0.6 is 15.9 Å². The molecule has 0 saturated carbocycles. The summed E-state index contributed by atoms with van der Waals surface area (Å²) in [4.78, 5) is 38.5. The van der Waals surface area contributed by atoms with Crippen molar-refractivity contribution in [1.29, 1.82) is 0 Å². The van der Waals surface area contributed by atoms with Crippen molar-refractivity contribution in [3.05, 3.63) is 52.0 Å². The van der Waals surface area contributed by atoms with E-state index in [4.69, 9.17) is 14.2 Å². The van der Waals surface area contributed by atoms with E-state index in [0.29, 0.717) is 33.0 Å². The number of carbonyl (C=O) groups is 3. The Bertz CT molecular complexity index is 1010. The molecule has 0 aromatic heterocycles. The number of benzene rings is 2. The van der Waals surface area contributed by atoms with E-state index in [1.54, 1.807) is 36.4 Å². The van der Waals surface area contributed by atoms with Crippen LogP contribution in [0.1, 0.15) is 5.56 Å². The average molecular weight is 461 g/mol. The molecule has 1 fully saturated rings. The van der Waals surface area contributed by atoms with Crippen molar-refractivity contribution in [1.82, 2.24) is 5.32 Å². The number of anilines is 1. The molecular weight excluding hydrogens is 444 g/mol. The number of rotatable bonds is 5. The van der Waals surface area contributed by atoms with Crippen molar-refractivity contribution in [3.8, 4) is 17.2 Å². The highest BCUT2D eigenvalue weighted by Gasteiger charge is 2.37. The van der Waals surface area contributed by atoms with Crippen molar-refractivity contribution in [2.24, 2.45) is 0 Å². The average Bonchev–Trinajstić information content (AvgIpc) is 2.70. The van der Waals surface area contributed by atoms with Crippen LogP contribution in [0.25, 0.3) is 6.08 Å². The predicted molar refractivity (Wildman–Crippen MR) is 109 cm³/mol. The van der Waals surface area contributed by atoms with Gasteiger partial charge in [0.25, 0.3) is 11.8 Å². The van der Waals surface area contributed by atoms with Gasteiger partial charge in [0.2, 0.25) is 5.75 Å². The minimum absolute atomic E-state index is 0.209. The van der Waals surface area contributed by atoms with E-state index in [9.17, 15) is 14.4 Å². The number of amides is 4. The van der Waals surface area contributed by atoms with Gasteiger partial charge >= 0.3 is 6.03 Å². The molecule has 29 heavy (non-hydrogen) atoms. The number of barbiturate groups is 1.